The lowest BCUT2D eigenvalue weighted by atomic mass is 10.3. The van der Waals surface area contributed by atoms with Crippen LogP contribution in [-0.2, 0) is 14.8 Å². The van der Waals surface area contributed by atoms with Crippen LogP contribution in [0.4, 0.5) is 5.82 Å². The van der Waals surface area contributed by atoms with Gasteiger partial charge in [-0.25, -0.2) is 8.42 Å². The summed E-state index contributed by atoms with van der Waals surface area (Å²) in [6.07, 6.45) is 0.467. The molecule has 0 bridgehead atoms. The molecule has 0 atom stereocenters. The topological polar surface area (TPSA) is 84.1 Å². The predicted octanol–water partition coefficient (Wildman–Crippen LogP) is 0.805. The summed E-state index contributed by atoms with van der Waals surface area (Å²) in [6.45, 7) is 4.08. The number of anilines is 1. The summed E-state index contributed by atoms with van der Waals surface area (Å²) >= 11 is 0. The Balaban J connectivity index is 2.62. The second-order valence-corrected chi connectivity index (χ2v) is 5.43. The van der Waals surface area contributed by atoms with Crippen molar-refractivity contribution in [3.63, 3.8) is 0 Å². The Kier molecular flexibility index (Phi) is 4.31. The zero-order valence-corrected chi connectivity index (χ0v) is 10.5. The second-order valence-electron chi connectivity index (χ2n) is 3.59. The maximum absolute atomic E-state index is 11.6. The number of methoxy groups -OCH3 is 1. The SMILES string of the molecule is COCCCS(=O)(=O)Nc1n[nH]c(C)c1C. The molecule has 1 heterocycles. The third-order valence-electron chi connectivity index (χ3n) is 2.27. The van der Waals surface area contributed by atoms with E-state index < -0.39 is 10.0 Å². The number of H-pyrrole nitrogens is 1. The van der Waals surface area contributed by atoms with Gasteiger partial charge < -0.3 is 4.74 Å². The number of hydrogen-bond acceptors (Lipinski definition) is 4. The third kappa shape index (κ3) is 3.49. The van der Waals surface area contributed by atoms with E-state index in [0.717, 1.165) is 11.3 Å². The van der Waals surface area contributed by atoms with Gasteiger partial charge in [-0.1, -0.05) is 0 Å². The maximum Gasteiger partial charge on any atom is 0.234 e. The first-order valence-corrected chi connectivity index (χ1v) is 6.62. The largest absolute Gasteiger partial charge is 0.385 e. The van der Waals surface area contributed by atoms with Crippen LogP contribution in [0.1, 0.15) is 17.7 Å². The zero-order chi connectivity index (χ0) is 12.2. The normalized spacial score (nSPS) is 11.7. The van der Waals surface area contributed by atoms with Gasteiger partial charge in [0.25, 0.3) is 0 Å². The highest BCUT2D eigenvalue weighted by atomic mass is 32.2. The van der Waals surface area contributed by atoms with E-state index in [0.29, 0.717) is 18.8 Å². The average Bonchev–Trinajstić information content (AvgIpc) is 2.49. The number of aromatic nitrogens is 2. The van der Waals surface area contributed by atoms with E-state index in [-0.39, 0.29) is 5.75 Å². The van der Waals surface area contributed by atoms with Crippen LogP contribution >= 0.6 is 0 Å². The van der Waals surface area contributed by atoms with Crippen molar-refractivity contribution in [3.05, 3.63) is 11.3 Å². The number of hydrogen-bond donors (Lipinski definition) is 2. The van der Waals surface area contributed by atoms with Crippen LogP contribution in [0.5, 0.6) is 0 Å². The molecular formula is C9H17N3O3S. The molecule has 0 aliphatic carbocycles. The van der Waals surface area contributed by atoms with Crippen molar-refractivity contribution in [2.75, 3.05) is 24.2 Å². The van der Waals surface area contributed by atoms with E-state index in [2.05, 4.69) is 14.9 Å². The van der Waals surface area contributed by atoms with Crippen molar-refractivity contribution in [1.82, 2.24) is 10.2 Å². The molecule has 0 saturated carbocycles. The van der Waals surface area contributed by atoms with Crippen molar-refractivity contribution >= 4 is 15.8 Å². The summed E-state index contributed by atoms with van der Waals surface area (Å²) in [7, 11) is -1.79. The fourth-order valence-corrected chi connectivity index (χ4v) is 2.27. The van der Waals surface area contributed by atoms with Crippen LogP contribution in [0.15, 0.2) is 0 Å². The van der Waals surface area contributed by atoms with Crippen LogP contribution in [0.2, 0.25) is 0 Å². The quantitative estimate of drug-likeness (QED) is 0.728. The monoisotopic (exact) mass is 247 g/mol. The molecule has 0 spiro atoms. The standard InChI is InChI=1S/C9H17N3O3S/c1-7-8(2)10-11-9(7)12-16(13,14)6-4-5-15-3/h4-6H2,1-3H3,(H2,10,11,12). The molecule has 0 radical (unpaired) electrons. The van der Waals surface area contributed by atoms with E-state index in [1.165, 1.54) is 0 Å². The Morgan fingerprint density at radius 2 is 2.12 bits per heavy atom. The van der Waals surface area contributed by atoms with Gasteiger partial charge >= 0.3 is 0 Å². The van der Waals surface area contributed by atoms with Gasteiger partial charge in [0, 0.05) is 25.0 Å². The number of aromatic amines is 1. The number of nitrogens with zero attached hydrogens (tertiary/aromatic N) is 1. The molecule has 0 unspecified atom stereocenters. The lowest BCUT2D eigenvalue weighted by Gasteiger charge is -2.05. The highest BCUT2D eigenvalue weighted by Gasteiger charge is 2.14. The van der Waals surface area contributed by atoms with E-state index >= 15 is 0 Å². The Bertz CT molecular complexity index is 439. The summed E-state index contributed by atoms with van der Waals surface area (Å²) in [5.41, 5.74) is 1.67. The van der Waals surface area contributed by atoms with Gasteiger partial charge in [-0.15, -0.1) is 0 Å². The second kappa shape index (κ2) is 5.31. The predicted molar refractivity (Wildman–Crippen MR) is 62.0 cm³/mol. The molecule has 0 amide bonds. The Morgan fingerprint density at radius 3 is 2.62 bits per heavy atom. The lowest BCUT2D eigenvalue weighted by Crippen LogP contribution is -2.18. The van der Waals surface area contributed by atoms with Crippen molar-refractivity contribution in [1.29, 1.82) is 0 Å². The van der Waals surface area contributed by atoms with E-state index in [4.69, 9.17) is 4.74 Å². The minimum atomic E-state index is -3.33. The molecule has 92 valence electrons. The number of aryl methyl sites for hydroxylation is 1. The van der Waals surface area contributed by atoms with Crippen molar-refractivity contribution < 1.29 is 13.2 Å². The zero-order valence-electron chi connectivity index (χ0n) is 9.70. The Hall–Kier alpha value is -1.08. The highest BCUT2D eigenvalue weighted by molar-refractivity contribution is 7.92. The molecule has 1 aromatic rings. The molecule has 6 nitrogen and oxygen atoms in total. The Morgan fingerprint density at radius 1 is 1.44 bits per heavy atom. The molecule has 1 rings (SSSR count). The number of nitrogens with one attached hydrogen (secondary N) is 2. The van der Waals surface area contributed by atoms with Crippen LogP contribution in [0.3, 0.4) is 0 Å². The number of ether oxygens (including phenoxy) is 1. The van der Waals surface area contributed by atoms with Crippen LogP contribution in [0.25, 0.3) is 0 Å². The molecule has 2 N–H and O–H groups in total. The minimum Gasteiger partial charge on any atom is -0.385 e. The van der Waals surface area contributed by atoms with Crippen LogP contribution in [-0.4, -0.2) is 38.1 Å². The average molecular weight is 247 g/mol. The molecule has 1 aromatic heterocycles. The van der Waals surface area contributed by atoms with Gasteiger partial charge in [0.15, 0.2) is 5.82 Å². The lowest BCUT2D eigenvalue weighted by molar-refractivity contribution is 0.199. The molecule has 0 saturated heterocycles. The fourth-order valence-electron chi connectivity index (χ4n) is 1.18. The van der Waals surface area contributed by atoms with E-state index in [9.17, 15) is 8.42 Å². The molecule has 16 heavy (non-hydrogen) atoms. The number of sulfonamides is 1. The molecule has 0 aromatic carbocycles. The summed E-state index contributed by atoms with van der Waals surface area (Å²) < 4.78 is 30.5. The Labute approximate surface area is 95.4 Å². The third-order valence-corrected chi connectivity index (χ3v) is 3.60. The van der Waals surface area contributed by atoms with Crippen molar-refractivity contribution in [2.24, 2.45) is 0 Å². The van der Waals surface area contributed by atoms with Gasteiger partial charge in [-0.05, 0) is 20.3 Å². The van der Waals surface area contributed by atoms with Crippen LogP contribution < -0.4 is 4.72 Å². The van der Waals surface area contributed by atoms with Gasteiger partial charge in [-0.3, -0.25) is 9.82 Å². The molecule has 7 heteroatoms. The first-order valence-electron chi connectivity index (χ1n) is 4.97. The molecule has 0 aliphatic heterocycles. The van der Waals surface area contributed by atoms with E-state index in [1.807, 2.05) is 13.8 Å². The highest BCUT2D eigenvalue weighted by Crippen LogP contribution is 2.15. The minimum absolute atomic E-state index is 0.0339. The first-order chi connectivity index (χ1) is 7.46. The van der Waals surface area contributed by atoms with Gasteiger partial charge in [0.05, 0.1) is 5.75 Å². The summed E-state index contributed by atoms with van der Waals surface area (Å²) in [6, 6.07) is 0. The van der Waals surface area contributed by atoms with Crippen molar-refractivity contribution in [2.45, 2.75) is 20.3 Å². The van der Waals surface area contributed by atoms with Crippen molar-refractivity contribution in [3.8, 4) is 0 Å². The fraction of sp³-hybridized carbons (Fsp3) is 0.667. The summed E-state index contributed by atoms with van der Waals surface area (Å²) in [5, 5.41) is 6.61. The van der Waals surface area contributed by atoms with Crippen LogP contribution in [0, 0.1) is 13.8 Å². The van der Waals surface area contributed by atoms with Gasteiger partial charge in [-0.2, -0.15) is 5.10 Å². The van der Waals surface area contributed by atoms with Gasteiger partial charge in [0.2, 0.25) is 10.0 Å². The smallest absolute Gasteiger partial charge is 0.234 e. The molecule has 0 aliphatic rings. The summed E-state index contributed by atoms with van der Waals surface area (Å²) in [5.74, 6) is 0.404. The van der Waals surface area contributed by atoms with Gasteiger partial charge in [0.1, 0.15) is 0 Å². The first kappa shape index (κ1) is 13.0. The molecular weight excluding hydrogens is 230 g/mol. The maximum atomic E-state index is 11.6. The van der Waals surface area contributed by atoms with E-state index in [1.54, 1.807) is 7.11 Å². The number of rotatable bonds is 6. The summed E-state index contributed by atoms with van der Waals surface area (Å²) in [4.78, 5) is 0. The molecule has 0 fully saturated rings.